The normalized spacial score (nSPS) is 10.5. The summed E-state index contributed by atoms with van der Waals surface area (Å²) in [6.45, 7) is 3.41. The summed E-state index contributed by atoms with van der Waals surface area (Å²) in [5.74, 6) is -3.01. The minimum atomic E-state index is -5.19. The summed E-state index contributed by atoms with van der Waals surface area (Å²) in [7, 11) is 0. The first-order valence-electron chi connectivity index (χ1n) is 6.10. The second-order valence-electron chi connectivity index (χ2n) is 3.96. The molecule has 1 rings (SSSR count). The van der Waals surface area contributed by atoms with Gasteiger partial charge < -0.3 is 9.90 Å². The van der Waals surface area contributed by atoms with Gasteiger partial charge in [0.25, 0.3) is 0 Å². The molecule has 1 aromatic rings. The molecule has 0 atom stereocenters. The zero-order valence-electron chi connectivity index (χ0n) is 10.8. The molecule has 1 aromatic heterocycles. The number of aliphatic carboxylic acids is 1. The van der Waals surface area contributed by atoms with Gasteiger partial charge in [-0.05, 0) is 6.42 Å². The van der Waals surface area contributed by atoms with Gasteiger partial charge in [-0.25, -0.2) is 4.57 Å². The Kier molecular flexibility index (Phi) is 8.57. The molecular weight excluding hydrogens is 259 g/mol. The van der Waals surface area contributed by atoms with Crippen molar-refractivity contribution in [2.45, 2.75) is 45.3 Å². The minimum absolute atomic E-state index is 1.17. The van der Waals surface area contributed by atoms with Crippen LogP contribution in [0.15, 0.2) is 30.6 Å². The van der Waals surface area contributed by atoms with Gasteiger partial charge >= 0.3 is 6.18 Å². The smallest absolute Gasteiger partial charge is 0.430 e. The third kappa shape index (κ3) is 10.1. The van der Waals surface area contributed by atoms with Crippen LogP contribution < -0.4 is 9.67 Å². The van der Waals surface area contributed by atoms with Crippen LogP contribution in [0.25, 0.3) is 0 Å². The molecule has 6 heteroatoms. The summed E-state index contributed by atoms with van der Waals surface area (Å²) >= 11 is 0. The number of carboxylic acid groups (broad SMARTS) is 1. The molecule has 0 spiro atoms. The quantitative estimate of drug-likeness (QED) is 0.609. The zero-order valence-corrected chi connectivity index (χ0v) is 10.8. The van der Waals surface area contributed by atoms with Gasteiger partial charge in [-0.1, -0.05) is 25.8 Å². The van der Waals surface area contributed by atoms with Crippen molar-refractivity contribution < 1.29 is 27.6 Å². The molecule has 0 saturated carbocycles. The minimum Gasteiger partial charge on any atom is -0.542 e. The fourth-order valence-electron chi connectivity index (χ4n) is 1.30. The highest BCUT2D eigenvalue weighted by molar-refractivity contribution is 5.70. The molecule has 0 aliphatic rings. The number of carbonyl (C=O) groups is 1. The molecule has 0 bridgehead atoms. The molecule has 0 unspecified atom stereocenters. The van der Waals surface area contributed by atoms with E-state index < -0.39 is 12.1 Å². The van der Waals surface area contributed by atoms with Crippen LogP contribution >= 0.6 is 0 Å². The Morgan fingerprint density at radius 2 is 1.63 bits per heavy atom. The number of alkyl halides is 3. The maximum atomic E-state index is 10.5. The van der Waals surface area contributed by atoms with Crippen molar-refractivity contribution in [1.82, 2.24) is 0 Å². The Labute approximate surface area is 110 Å². The van der Waals surface area contributed by atoms with Crippen LogP contribution in [0.1, 0.15) is 32.6 Å². The lowest BCUT2D eigenvalue weighted by atomic mass is 10.2. The summed E-state index contributed by atoms with van der Waals surface area (Å²) in [6, 6.07) is 6.22. The molecule has 1 heterocycles. The van der Waals surface area contributed by atoms with Gasteiger partial charge in [-0.3, -0.25) is 0 Å². The largest absolute Gasteiger partial charge is 0.542 e. The standard InChI is InChI=1S/C11H18N.C2HF3O2/c1-2-3-4-6-9-12-10-7-5-8-11-12;3-2(4,5)1(6)7/h5,7-8,10-11H,2-4,6,9H2,1H3;(H,6,7)/q+1;/p-1. The lowest BCUT2D eigenvalue weighted by Gasteiger charge is -2.03. The number of hydrogen-bond donors (Lipinski definition) is 0. The Balaban J connectivity index is 0.000000399. The van der Waals surface area contributed by atoms with E-state index in [-0.39, 0.29) is 0 Å². The van der Waals surface area contributed by atoms with E-state index in [1.807, 2.05) is 0 Å². The number of carboxylic acids is 1. The van der Waals surface area contributed by atoms with Gasteiger partial charge in [0, 0.05) is 18.6 Å². The second kappa shape index (κ2) is 9.35. The van der Waals surface area contributed by atoms with E-state index in [1.165, 1.54) is 32.2 Å². The summed E-state index contributed by atoms with van der Waals surface area (Å²) in [4.78, 5) is 8.78. The number of unbranched alkanes of at least 4 members (excludes halogenated alkanes) is 3. The molecule has 108 valence electrons. The summed E-state index contributed by atoms with van der Waals surface area (Å²) < 4.78 is 33.8. The van der Waals surface area contributed by atoms with Crippen molar-refractivity contribution in [3.05, 3.63) is 30.6 Å². The van der Waals surface area contributed by atoms with Crippen molar-refractivity contribution >= 4 is 5.97 Å². The van der Waals surface area contributed by atoms with Crippen LogP contribution in [0, 0.1) is 0 Å². The number of nitrogens with zero attached hydrogens (tertiary/aromatic N) is 1. The Morgan fingerprint density at radius 3 is 2.05 bits per heavy atom. The Morgan fingerprint density at radius 1 is 1.11 bits per heavy atom. The number of aryl methyl sites for hydroxylation is 1. The van der Waals surface area contributed by atoms with E-state index in [2.05, 4.69) is 42.1 Å². The number of rotatable bonds is 5. The fraction of sp³-hybridized carbons (Fsp3) is 0.538. The Bertz CT molecular complexity index is 353. The van der Waals surface area contributed by atoms with Crippen LogP contribution in [0.2, 0.25) is 0 Å². The number of halogens is 3. The van der Waals surface area contributed by atoms with Gasteiger partial charge in [-0.2, -0.15) is 13.2 Å². The van der Waals surface area contributed by atoms with E-state index in [0.717, 1.165) is 0 Å². The van der Waals surface area contributed by atoms with Crippen molar-refractivity contribution in [1.29, 1.82) is 0 Å². The number of aromatic nitrogens is 1. The first-order chi connectivity index (χ1) is 8.88. The van der Waals surface area contributed by atoms with Crippen LogP contribution in [0.3, 0.4) is 0 Å². The van der Waals surface area contributed by atoms with Gasteiger partial charge in [0.05, 0.1) is 0 Å². The lowest BCUT2D eigenvalue weighted by Crippen LogP contribution is -2.37. The average Bonchev–Trinajstić information content (AvgIpc) is 2.35. The second-order valence-corrected chi connectivity index (χ2v) is 3.96. The van der Waals surface area contributed by atoms with Crippen LogP contribution in [-0.4, -0.2) is 12.1 Å². The predicted molar refractivity (Wildman–Crippen MR) is 61.8 cm³/mol. The number of carbonyl (C=O) groups excluding carboxylic acids is 1. The molecular formula is C13H18F3NO2. The SMILES string of the molecule is CCCCCC[n+]1ccccc1.O=C([O-])C(F)(F)F. The van der Waals surface area contributed by atoms with Gasteiger partial charge in [0.2, 0.25) is 0 Å². The topological polar surface area (TPSA) is 44.0 Å². The van der Waals surface area contributed by atoms with Gasteiger partial charge in [0.1, 0.15) is 12.5 Å². The molecule has 0 fully saturated rings. The average molecular weight is 277 g/mol. The maximum absolute atomic E-state index is 10.5. The van der Waals surface area contributed by atoms with Crippen molar-refractivity contribution in [2.24, 2.45) is 0 Å². The summed E-state index contributed by atoms with van der Waals surface area (Å²) in [6.07, 6.45) is 4.42. The highest BCUT2D eigenvalue weighted by atomic mass is 19.4. The highest BCUT2D eigenvalue weighted by Crippen LogP contribution is 2.11. The highest BCUT2D eigenvalue weighted by Gasteiger charge is 2.28. The van der Waals surface area contributed by atoms with Crippen molar-refractivity contribution in [3.63, 3.8) is 0 Å². The lowest BCUT2D eigenvalue weighted by molar-refractivity contribution is -0.697. The third-order valence-electron chi connectivity index (χ3n) is 2.28. The molecule has 0 saturated heterocycles. The van der Waals surface area contributed by atoms with E-state index in [9.17, 15) is 13.2 Å². The Hall–Kier alpha value is -1.59. The zero-order chi connectivity index (χ0) is 14.7. The third-order valence-corrected chi connectivity index (χ3v) is 2.28. The monoisotopic (exact) mass is 277 g/mol. The van der Waals surface area contributed by atoms with Crippen molar-refractivity contribution in [2.75, 3.05) is 0 Å². The van der Waals surface area contributed by atoms with Crippen molar-refractivity contribution in [3.8, 4) is 0 Å². The molecule has 0 aromatic carbocycles. The first kappa shape index (κ1) is 17.4. The fourth-order valence-corrected chi connectivity index (χ4v) is 1.30. The van der Waals surface area contributed by atoms with Crippen LogP contribution in [0.4, 0.5) is 13.2 Å². The van der Waals surface area contributed by atoms with E-state index >= 15 is 0 Å². The van der Waals surface area contributed by atoms with Crippen LogP contribution in [-0.2, 0) is 11.3 Å². The molecule has 0 aliphatic heterocycles. The number of pyridine rings is 1. The van der Waals surface area contributed by atoms with E-state index in [4.69, 9.17) is 9.90 Å². The van der Waals surface area contributed by atoms with Gasteiger partial charge in [0.15, 0.2) is 12.4 Å². The maximum Gasteiger partial charge on any atom is 0.430 e. The molecule has 0 N–H and O–H groups in total. The molecule has 0 radical (unpaired) electrons. The molecule has 0 amide bonds. The van der Waals surface area contributed by atoms with E-state index in [1.54, 1.807) is 0 Å². The number of hydrogen-bond acceptors (Lipinski definition) is 2. The first-order valence-corrected chi connectivity index (χ1v) is 6.10. The molecule has 19 heavy (non-hydrogen) atoms. The summed E-state index contributed by atoms with van der Waals surface area (Å²) in [5, 5.41) is 8.78. The summed E-state index contributed by atoms with van der Waals surface area (Å²) in [5.41, 5.74) is 0. The predicted octanol–water partition coefficient (Wildman–Crippen LogP) is 1.85. The molecule has 3 nitrogen and oxygen atoms in total. The van der Waals surface area contributed by atoms with Gasteiger partial charge in [-0.15, -0.1) is 0 Å². The van der Waals surface area contributed by atoms with Crippen LogP contribution in [0.5, 0.6) is 0 Å². The molecule has 0 aliphatic carbocycles. The van der Waals surface area contributed by atoms with E-state index in [0.29, 0.717) is 0 Å².